The molecule has 4 nitrogen and oxygen atoms in total. The molecule has 0 spiro atoms. The number of halogens is 9. The average molecular weight is 598 g/mol. The first kappa shape index (κ1) is 22.2. The van der Waals surface area contributed by atoms with E-state index in [0.717, 1.165) is 6.92 Å². The lowest BCUT2D eigenvalue weighted by Gasteiger charge is -2.27. The second kappa shape index (κ2) is 7.79. The summed E-state index contributed by atoms with van der Waals surface area (Å²) in [5.41, 5.74) is 0.416. The second-order valence-corrected chi connectivity index (χ2v) is 6.82. The van der Waals surface area contributed by atoms with Crippen LogP contribution in [0.25, 0.3) is 0 Å². The zero-order valence-electron chi connectivity index (χ0n) is 11.9. The van der Waals surface area contributed by atoms with E-state index in [0.29, 0.717) is 18.8 Å². The molecule has 13 heteroatoms. The molecule has 25 heavy (non-hydrogen) atoms. The third-order valence-corrected chi connectivity index (χ3v) is 3.87. The number of nitrogens with one attached hydrogen (secondary N) is 1. The highest BCUT2D eigenvalue weighted by molar-refractivity contribution is 14.1. The lowest BCUT2D eigenvalue weighted by molar-refractivity contribution is -0.361. The summed E-state index contributed by atoms with van der Waals surface area (Å²) in [6.45, 7) is 1.06. The summed E-state index contributed by atoms with van der Waals surface area (Å²) in [6.07, 6.45) is -5.93. The van der Waals surface area contributed by atoms with Crippen LogP contribution < -0.4 is 10.2 Å². The van der Waals surface area contributed by atoms with Crippen molar-refractivity contribution < 1.29 is 40.3 Å². The molecule has 1 N–H and O–H groups in total. The first-order valence-corrected chi connectivity index (χ1v) is 8.15. The molecule has 1 aromatic carbocycles. The summed E-state index contributed by atoms with van der Waals surface area (Å²) >= 11 is 3.58. The highest BCUT2D eigenvalue weighted by Crippen LogP contribution is 2.45. The molecule has 0 aromatic heterocycles. The Hall–Kier alpha value is -0.870. The molecule has 0 radical (unpaired) electrons. The van der Waals surface area contributed by atoms with E-state index in [1.54, 1.807) is 28.7 Å². The van der Waals surface area contributed by atoms with E-state index in [1.807, 2.05) is 22.6 Å². The topological polar surface area (TPSA) is 50.7 Å². The van der Waals surface area contributed by atoms with Crippen molar-refractivity contribution in [2.75, 3.05) is 0 Å². The van der Waals surface area contributed by atoms with Gasteiger partial charge in [0.05, 0.1) is 9.78 Å². The summed E-state index contributed by atoms with van der Waals surface area (Å²) < 4.78 is 93.4. The average Bonchev–Trinajstić information content (AvgIpc) is 2.40. The van der Waals surface area contributed by atoms with Crippen LogP contribution in [0.2, 0.25) is 0 Å². The van der Waals surface area contributed by atoms with E-state index in [-0.39, 0.29) is 11.3 Å². The zero-order chi connectivity index (χ0) is 19.6. The van der Waals surface area contributed by atoms with Gasteiger partial charge in [-0.15, -0.1) is 0 Å². The molecule has 0 atom stereocenters. The van der Waals surface area contributed by atoms with Crippen molar-refractivity contribution >= 4 is 57.4 Å². The minimum absolute atomic E-state index is 0.0786. The standard InChI is InChI=1S/C12H7F7I2N2O2/c1-5(24)25-9-6(2-7(20)3-8(9)21)4-22-23-12(18,19)10(13,14)11(15,16)17/h2-4,23H,1H3/b22-4-. The van der Waals surface area contributed by atoms with E-state index in [1.165, 1.54) is 6.07 Å². The van der Waals surface area contributed by atoms with Crippen LogP contribution in [0.1, 0.15) is 12.5 Å². The molecule has 0 aliphatic rings. The summed E-state index contributed by atoms with van der Waals surface area (Å²) in [5.74, 6) is -7.20. The van der Waals surface area contributed by atoms with Crippen LogP contribution in [0.3, 0.4) is 0 Å². The van der Waals surface area contributed by atoms with E-state index in [2.05, 4.69) is 5.10 Å². The van der Waals surface area contributed by atoms with Crippen LogP contribution in [-0.2, 0) is 4.79 Å². The Morgan fingerprint density at radius 1 is 1.16 bits per heavy atom. The molecular weight excluding hydrogens is 591 g/mol. The first-order valence-electron chi connectivity index (χ1n) is 5.99. The van der Waals surface area contributed by atoms with Gasteiger partial charge >= 0.3 is 24.1 Å². The van der Waals surface area contributed by atoms with Crippen LogP contribution in [0.15, 0.2) is 17.2 Å². The van der Waals surface area contributed by atoms with E-state index < -0.39 is 24.1 Å². The first-order chi connectivity index (χ1) is 11.2. The van der Waals surface area contributed by atoms with Crippen molar-refractivity contribution in [1.82, 2.24) is 5.43 Å². The van der Waals surface area contributed by atoms with Crippen molar-refractivity contribution in [2.24, 2.45) is 5.10 Å². The molecule has 1 rings (SSSR count). The molecule has 140 valence electrons. The Kier molecular flexibility index (Phi) is 6.91. The number of hydrogen-bond acceptors (Lipinski definition) is 4. The van der Waals surface area contributed by atoms with Gasteiger partial charge in [-0.1, -0.05) is 0 Å². The van der Waals surface area contributed by atoms with Crippen molar-refractivity contribution in [1.29, 1.82) is 0 Å². The predicted molar refractivity (Wildman–Crippen MR) is 89.9 cm³/mol. The normalized spacial score (nSPS) is 13.2. The van der Waals surface area contributed by atoms with Gasteiger partial charge < -0.3 is 4.74 Å². The number of nitrogens with zero attached hydrogens (tertiary/aromatic N) is 1. The number of ether oxygens (including phenoxy) is 1. The SMILES string of the molecule is CC(=O)Oc1c(I)cc(I)cc1/C=N\NC(F)(F)C(F)(F)C(F)(F)F. The van der Waals surface area contributed by atoms with Gasteiger partial charge in [0.15, 0.2) is 5.75 Å². The van der Waals surface area contributed by atoms with E-state index in [9.17, 15) is 35.5 Å². The molecule has 0 saturated heterocycles. The molecular formula is C12H7F7I2N2O2. The molecule has 0 aliphatic carbocycles. The van der Waals surface area contributed by atoms with E-state index in [4.69, 9.17) is 4.74 Å². The van der Waals surface area contributed by atoms with Crippen LogP contribution in [0, 0.1) is 7.14 Å². The molecule has 1 aromatic rings. The highest BCUT2D eigenvalue weighted by Gasteiger charge is 2.73. The predicted octanol–water partition coefficient (Wildman–Crippen LogP) is 4.54. The number of carbonyl (C=O) groups is 1. The highest BCUT2D eigenvalue weighted by atomic mass is 127. The van der Waals surface area contributed by atoms with Crippen molar-refractivity contribution in [3.63, 3.8) is 0 Å². The van der Waals surface area contributed by atoms with Crippen LogP contribution in [0.5, 0.6) is 5.75 Å². The third kappa shape index (κ3) is 5.30. The fourth-order valence-corrected chi connectivity index (χ4v) is 3.36. The quantitative estimate of drug-likeness (QED) is 0.103. The van der Waals surface area contributed by atoms with Gasteiger partial charge in [0.25, 0.3) is 0 Å². The van der Waals surface area contributed by atoms with Crippen LogP contribution in [-0.4, -0.2) is 30.3 Å². The Morgan fingerprint density at radius 2 is 1.72 bits per heavy atom. The van der Waals surface area contributed by atoms with Crippen molar-refractivity contribution in [2.45, 2.75) is 25.1 Å². The molecule has 0 fully saturated rings. The van der Waals surface area contributed by atoms with Gasteiger partial charge in [-0.2, -0.15) is 35.8 Å². The number of rotatable bonds is 5. The van der Waals surface area contributed by atoms with Gasteiger partial charge in [-0.3, -0.25) is 4.79 Å². The second-order valence-electron chi connectivity index (χ2n) is 4.42. The largest absolute Gasteiger partial charge is 0.462 e. The third-order valence-electron chi connectivity index (χ3n) is 2.44. The Bertz CT molecular complexity index is 693. The summed E-state index contributed by atoms with van der Waals surface area (Å²) in [7, 11) is 0. The number of benzene rings is 1. The molecule has 0 unspecified atom stereocenters. The minimum atomic E-state index is -6.47. The number of alkyl halides is 7. The smallest absolute Gasteiger partial charge is 0.425 e. The van der Waals surface area contributed by atoms with Crippen LogP contribution >= 0.6 is 45.2 Å². The fourth-order valence-electron chi connectivity index (χ4n) is 1.36. The maximum Gasteiger partial charge on any atom is 0.462 e. The zero-order valence-corrected chi connectivity index (χ0v) is 16.2. The van der Waals surface area contributed by atoms with Gasteiger partial charge in [0.2, 0.25) is 0 Å². The maximum absolute atomic E-state index is 13.1. The Balaban J connectivity index is 3.12. The minimum Gasteiger partial charge on any atom is -0.425 e. The number of hydrazone groups is 1. The number of esters is 1. The molecule has 0 aliphatic heterocycles. The lowest BCUT2D eigenvalue weighted by atomic mass is 10.2. The maximum atomic E-state index is 13.1. The van der Waals surface area contributed by atoms with Crippen molar-refractivity contribution in [3.05, 3.63) is 24.8 Å². The summed E-state index contributed by atoms with van der Waals surface area (Å²) in [4.78, 5) is 11.0. The lowest BCUT2D eigenvalue weighted by Crippen LogP contribution is -2.58. The summed E-state index contributed by atoms with van der Waals surface area (Å²) in [6, 6.07) is -2.83. The van der Waals surface area contributed by atoms with Gasteiger partial charge in [-0.25, -0.2) is 5.43 Å². The van der Waals surface area contributed by atoms with Crippen LogP contribution in [0.4, 0.5) is 30.7 Å². The van der Waals surface area contributed by atoms with Gasteiger partial charge in [0, 0.05) is 16.1 Å². The Labute approximate surface area is 163 Å². The van der Waals surface area contributed by atoms with Gasteiger partial charge in [-0.05, 0) is 57.3 Å². The monoisotopic (exact) mass is 598 g/mol. The fraction of sp³-hybridized carbons (Fsp3) is 0.333. The van der Waals surface area contributed by atoms with Crippen molar-refractivity contribution in [3.8, 4) is 5.75 Å². The molecule has 0 bridgehead atoms. The molecule has 0 heterocycles. The Morgan fingerprint density at radius 3 is 2.20 bits per heavy atom. The molecule has 0 saturated carbocycles. The van der Waals surface area contributed by atoms with E-state index >= 15 is 0 Å². The summed E-state index contributed by atoms with van der Waals surface area (Å²) in [5, 5.41) is 2.74. The molecule has 0 amide bonds. The van der Waals surface area contributed by atoms with Gasteiger partial charge in [0.1, 0.15) is 0 Å². The number of hydrogen-bond donors (Lipinski definition) is 1. The number of carbonyl (C=O) groups excluding carboxylic acids is 1.